The summed E-state index contributed by atoms with van der Waals surface area (Å²) in [7, 11) is 0. The summed E-state index contributed by atoms with van der Waals surface area (Å²) in [6.07, 6.45) is 3.72. The molecule has 290 valence electrons. The molecule has 62 heavy (non-hydrogen) atoms. The number of nitrogens with zero attached hydrogens (tertiary/aromatic N) is 4. The van der Waals surface area contributed by atoms with E-state index in [0.717, 1.165) is 72.7 Å². The molecule has 0 N–H and O–H groups in total. The summed E-state index contributed by atoms with van der Waals surface area (Å²) in [6.45, 7) is 0. The molecule has 1 aliphatic carbocycles. The van der Waals surface area contributed by atoms with Crippen LogP contribution in [0, 0.1) is 0 Å². The molecule has 0 atom stereocenters. The van der Waals surface area contributed by atoms with Gasteiger partial charge in [0.2, 0.25) is 0 Å². The van der Waals surface area contributed by atoms with E-state index in [1.54, 1.807) is 0 Å². The first-order valence-corrected chi connectivity index (χ1v) is 20.9. The van der Waals surface area contributed by atoms with E-state index in [1.165, 1.54) is 22.3 Å². The lowest BCUT2D eigenvalue weighted by molar-refractivity contribution is 0.436. The molecule has 2 aliphatic rings. The first kappa shape index (κ1) is 35.6. The second-order valence-corrected chi connectivity index (χ2v) is 15.8. The van der Waals surface area contributed by atoms with Crippen LogP contribution in [-0.4, -0.2) is 19.9 Å². The van der Waals surface area contributed by atoms with E-state index in [4.69, 9.17) is 19.7 Å². The summed E-state index contributed by atoms with van der Waals surface area (Å²) in [5.41, 5.74) is 16.1. The Labute approximate surface area is 359 Å². The fourth-order valence-electron chi connectivity index (χ4n) is 9.46. The van der Waals surface area contributed by atoms with Crippen LogP contribution in [0.4, 0.5) is 0 Å². The quantitative estimate of drug-likeness (QED) is 0.168. The maximum Gasteiger partial charge on any atom is 0.164 e. The predicted octanol–water partition coefficient (Wildman–Crippen LogP) is 13.7. The van der Waals surface area contributed by atoms with Crippen molar-refractivity contribution in [2.45, 2.75) is 5.41 Å². The summed E-state index contributed by atoms with van der Waals surface area (Å²) in [4.78, 5) is 19.2. The monoisotopic (exact) mass is 792 g/mol. The highest BCUT2D eigenvalue weighted by atomic mass is 16.5. The van der Waals surface area contributed by atoms with E-state index in [1.807, 2.05) is 73.1 Å². The smallest absolute Gasteiger partial charge is 0.164 e. The Morgan fingerprint density at radius 3 is 1.23 bits per heavy atom. The number of hydrogen-bond acceptors (Lipinski definition) is 5. The van der Waals surface area contributed by atoms with Crippen molar-refractivity contribution < 1.29 is 4.74 Å². The molecule has 8 aromatic carbocycles. The van der Waals surface area contributed by atoms with E-state index in [9.17, 15) is 0 Å². The highest BCUT2D eigenvalue weighted by molar-refractivity contribution is 5.92. The van der Waals surface area contributed by atoms with Crippen LogP contribution in [0.3, 0.4) is 0 Å². The van der Waals surface area contributed by atoms with Crippen molar-refractivity contribution in [1.29, 1.82) is 0 Å². The first-order chi connectivity index (χ1) is 30.7. The van der Waals surface area contributed by atoms with Crippen LogP contribution in [-0.2, 0) is 5.41 Å². The molecule has 3 heterocycles. The maximum atomic E-state index is 6.67. The first-order valence-electron chi connectivity index (χ1n) is 20.9. The number of ether oxygens (including phenoxy) is 1. The van der Waals surface area contributed by atoms with Crippen molar-refractivity contribution in [3.63, 3.8) is 0 Å². The molecule has 5 heteroatoms. The fourth-order valence-corrected chi connectivity index (χ4v) is 9.46. The van der Waals surface area contributed by atoms with E-state index in [0.29, 0.717) is 17.5 Å². The number of fused-ring (bicyclic) bond motifs is 9. The van der Waals surface area contributed by atoms with Gasteiger partial charge in [-0.1, -0.05) is 158 Å². The molecule has 0 saturated carbocycles. The second-order valence-electron chi connectivity index (χ2n) is 15.8. The minimum absolute atomic E-state index is 0.608. The van der Waals surface area contributed by atoms with Crippen LogP contribution in [0.5, 0.6) is 11.5 Å². The molecule has 2 aromatic heterocycles. The lowest BCUT2D eigenvalue weighted by Crippen LogP contribution is -2.32. The molecule has 1 aliphatic heterocycles. The Bertz CT molecular complexity index is 3230. The van der Waals surface area contributed by atoms with Crippen molar-refractivity contribution in [2.24, 2.45) is 0 Å². The zero-order valence-electron chi connectivity index (χ0n) is 33.5. The van der Waals surface area contributed by atoms with Crippen molar-refractivity contribution in [3.8, 4) is 90.2 Å². The Morgan fingerprint density at radius 1 is 0.290 bits per heavy atom. The molecule has 0 saturated heterocycles. The minimum Gasteiger partial charge on any atom is -0.457 e. The van der Waals surface area contributed by atoms with Crippen LogP contribution in [0.15, 0.2) is 219 Å². The summed E-state index contributed by atoms with van der Waals surface area (Å²) in [5, 5.41) is 0. The molecule has 0 unspecified atom stereocenters. The van der Waals surface area contributed by atoms with Gasteiger partial charge in [-0.15, -0.1) is 0 Å². The molecule has 10 aromatic rings. The lowest BCUT2D eigenvalue weighted by atomic mass is 9.65. The standard InChI is InChI=1S/C57H36N4O/c1-3-13-38(14-4-1)54-59-55(39-15-5-2-6-16-39)61-56(60-54)45-20-12-19-42(34-45)40-17-11-18-41(33-40)44-26-28-47-46-27-25-43(37-29-31-58-32-30-37)35-50(46)57(51(47)36-44)48-21-7-9-23-52(48)62-53-24-10-8-22-49(53)57/h1-36H. The minimum atomic E-state index is -0.608. The van der Waals surface area contributed by atoms with Crippen LogP contribution >= 0.6 is 0 Å². The Morgan fingerprint density at radius 2 is 0.694 bits per heavy atom. The highest BCUT2D eigenvalue weighted by Gasteiger charge is 2.51. The molecular formula is C57H36N4O. The summed E-state index contributed by atoms with van der Waals surface area (Å²) < 4.78 is 6.67. The molecule has 0 bridgehead atoms. The SMILES string of the molecule is c1ccc(-c2nc(-c3ccccc3)nc(-c3cccc(-c4cccc(-c5ccc6c(c5)C5(c7ccccc7Oc7ccccc75)c5cc(-c7ccncc7)ccc5-6)c4)c3)n2)cc1. The van der Waals surface area contributed by atoms with Crippen LogP contribution < -0.4 is 4.74 Å². The van der Waals surface area contributed by atoms with E-state index < -0.39 is 5.41 Å². The summed E-state index contributed by atoms with van der Waals surface area (Å²) >= 11 is 0. The van der Waals surface area contributed by atoms with E-state index in [2.05, 4.69) is 151 Å². The Balaban J connectivity index is 0.990. The lowest BCUT2D eigenvalue weighted by Gasteiger charge is -2.39. The number of rotatable bonds is 6. The summed E-state index contributed by atoms with van der Waals surface area (Å²) in [5.74, 6) is 3.65. The van der Waals surface area contributed by atoms with Crippen molar-refractivity contribution >= 4 is 0 Å². The molecule has 0 radical (unpaired) electrons. The maximum absolute atomic E-state index is 6.67. The normalized spacial score (nSPS) is 12.8. The Kier molecular flexibility index (Phi) is 8.32. The van der Waals surface area contributed by atoms with Gasteiger partial charge in [-0.2, -0.15) is 0 Å². The predicted molar refractivity (Wildman–Crippen MR) is 248 cm³/mol. The number of para-hydroxylation sites is 2. The van der Waals surface area contributed by atoms with Crippen molar-refractivity contribution in [1.82, 2.24) is 19.9 Å². The van der Waals surface area contributed by atoms with Gasteiger partial charge in [-0.05, 0) is 104 Å². The molecule has 0 amide bonds. The zero-order chi connectivity index (χ0) is 41.0. The van der Waals surface area contributed by atoms with Gasteiger partial charge in [0.25, 0.3) is 0 Å². The van der Waals surface area contributed by atoms with Crippen molar-refractivity contribution in [3.05, 3.63) is 241 Å². The molecular weight excluding hydrogens is 757 g/mol. The van der Waals surface area contributed by atoms with Gasteiger partial charge in [0.05, 0.1) is 5.41 Å². The number of hydrogen-bond donors (Lipinski definition) is 0. The van der Waals surface area contributed by atoms with E-state index >= 15 is 0 Å². The fraction of sp³-hybridized carbons (Fsp3) is 0.0175. The molecule has 12 rings (SSSR count). The molecule has 1 spiro atoms. The zero-order valence-corrected chi connectivity index (χ0v) is 33.5. The largest absolute Gasteiger partial charge is 0.457 e. The number of benzene rings is 8. The van der Waals surface area contributed by atoms with Gasteiger partial charge in [-0.25, -0.2) is 15.0 Å². The third-order valence-corrected chi connectivity index (χ3v) is 12.3. The topological polar surface area (TPSA) is 60.8 Å². The third-order valence-electron chi connectivity index (χ3n) is 12.3. The molecule has 5 nitrogen and oxygen atoms in total. The highest BCUT2D eigenvalue weighted by Crippen LogP contribution is 2.62. The third kappa shape index (κ3) is 5.78. The van der Waals surface area contributed by atoms with Crippen LogP contribution in [0.1, 0.15) is 22.3 Å². The van der Waals surface area contributed by atoms with Gasteiger partial charge in [0.15, 0.2) is 17.5 Å². The average molecular weight is 793 g/mol. The second kappa shape index (κ2) is 14.5. The van der Waals surface area contributed by atoms with Crippen molar-refractivity contribution in [2.75, 3.05) is 0 Å². The van der Waals surface area contributed by atoms with E-state index in [-0.39, 0.29) is 0 Å². The van der Waals surface area contributed by atoms with Gasteiger partial charge in [-0.3, -0.25) is 4.98 Å². The van der Waals surface area contributed by atoms with Gasteiger partial charge in [0, 0.05) is 40.2 Å². The van der Waals surface area contributed by atoms with Crippen LogP contribution in [0.2, 0.25) is 0 Å². The Hall–Kier alpha value is -8.28. The number of aromatic nitrogens is 4. The number of pyridine rings is 1. The summed E-state index contributed by atoms with van der Waals surface area (Å²) in [6, 6.07) is 72.7. The van der Waals surface area contributed by atoms with Gasteiger partial charge < -0.3 is 4.74 Å². The average Bonchev–Trinajstić information content (AvgIpc) is 3.64. The van der Waals surface area contributed by atoms with Gasteiger partial charge >= 0.3 is 0 Å². The molecule has 0 fully saturated rings. The van der Waals surface area contributed by atoms with Gasteiger partial charge in [0.1, 0.15) is 11.5 Å². The van der Waals surface area contributed by atoms with Crippen LogP contribution in [0.25, 0.3) is 78.7 Å².